The summed E-state index contributed by atoms with van der Waals surface area (Å²) >= 11 is 0. The van der Waals surface area contributed by atoms with Gasteiger partial charge >= 0.3 is 5.97 Å². The van der Waals surface area contributed by atoms with Gasteiger partial charge in [-0.3, -0.25) is 4.79 Å². The second kappa shape index (κ2) is 11.4. The number of benzene rings is 2. The molecule has 0 spiro atoms. The molecule has 0 saturated heterocycles. The molecule has 1 unspecified atom stereocenters. The summed E-state index contributed by atoms with van der Waals surface area (Å²) in [6.07, 6.45) is 3.10. The topological polar surface area (TPSA) is 122 Å². The first-order chi connectivity index (χ1) is 17.4. The highest BCUT2D eigenvalue weighted by molar-refractivity contribution is 7.92. The zero-order chi connectivity index (χ0) is 27.3. The van der Waals surface area contributed by atoms with E-state index in [9.17, 15) is 17.6 Å². The Kier molecular flexibility index (Phi) is 8.71. The quantitative estimate of drug-likeness (QED) is 0.302. The van der Waals surface area contributed by atoms with Gasteiger partial charge < -0.3 is 16.2 Å². The monoisotopic (exact) mass is 527 g/mol. The average Bonchev–Trinajstić information content (AvgIpc) is 2.86. The summed E-state index contributed by atoms with van der Waals surface area (Å²) in [6, 6.07) is 16.9. The maximum atomic E-state index is 14.0. The number of anilines is 1. The van der Waals surface area contributed by atoms with Crippen LogP contribution in [0.4, 0.5) is 10.2 Å². The number of nitrogens with two attached hydrogens (primary N) is 1. The maximum absolute atomic E-state index is 14.0. The van der Waals surface area contributed by atoms with E-state index in [2.05, 4.69) is 31.1 Å². The molecule has 9 heteroatoms. The van der Waals surface area contributed by atoms with Crippen LogP contribution in [0.15, 0.2) is 71.6 Å². The van der Waals surface area contributed by atoms with Crippen molar-refractivity contribution in [2.45, 2.75) is 61.6 Å². The lowest BCUT2D eigenvalue weighted by molar-refractivity contribution is -0.134. The predicted molar refractivity (Wildman–Crippen MR) is 143 cm³/mol. The second-order valence-corrected chi connectivity index (χ2v) is 12.1. The van der Waals surface area contributed by atoms with Crippen molar-refractivity contribution in [2.24, 2.45) is 5.73 Å². The van der Waals surface area contributed by atoms with Gasteiger partial charge in [-0.25, -0.2) is 17.8 Å². The predicted octanol–water partition coefficient (Wildman–Crippen LogP) is 5.01. The molecule has 0 bridgehead atoms. The fourth-order valence-corrected chi connectivity index (χ4v) is 5.93. The van der Waals surface area contributed by atoms with Crippen molar-refractivity contribution in [3.05, 3.63) is 89.4 Å². The van der Waals surface area contributed by atoms with E-state index in [-0.39, 0.29) is 28.2 Å². The normalized spacial score (nSPS) is 13.6. The van der Waals surface area contributed by atoms with Gasteiger partial charge in [0.05, 0.1) is 10.6 Å². The molecule has 0 aliphatic heterocycles. The Morgan fingerprint density at radius 3 is 2.38 bits per heavy atom. The molecule has 2 aromatic carbocycles. The van der Waals surface area contributed by atoms with Crippen LogP contribution in [-0.2, 0) is 31.3 Å². The molecule has 1 atom stereocenters. The van der Waals surface area contributed by atoms with Crippen LogP contribution in [0.2, 0.25) is 0 Å². The number of unbranched alkanes of at least 4 members (excludes halogenated alkanes) is 1. The van der Waals surface area contributed by atoms with Gasteiger partial charge in [0.25, 0.3) is 0 Å². The van der Waals surface area contributed by atoms with Crippen molar-refractivity contribution < 1.29 is 22.7 Å². The summed E-state index contributed by atoms with van der Waals surface area (Å²) in [5.74, 6) is -1.63. The lowest BCUT2D eigenvalue weighted by Gasteiger charge is -2.30. The fraction of sp³-hybridized carbons (Fsp3) is 0.357. The molecular formula is C28H34FN3O4S. The smallest absolute Gasteiger partial charge is 0.322 e. The Balaban J connectivity index is 2.06. The van der Waals surface area contributed by atoms with Crippen LogP contribution in [-0.4, -0.2) is 31.0 Å². The molecule has 1 aromatic heterocycles. The van der Waals surface area contributed by atoms with Gasteiger partial charge in [0.2, 0.25) is 9.84 Å². The minimum Gasteiger partial charge on any atom is -0.480 e. The number of carboxylic acids is 1. The van der Waals surface area contributed by atoms with Crippen molar-refractivity contribution in [2.75, 3.05) is 11.9 Å². The Morgan fingerprint density at radius 2 is 1.76 bits per heavy atom. The van der Waals surface area contributed by atoms with Gasteiger partial charge in [0, 0.05) is 6.42 Å². The number of rotatable bonds is 12. The van der Waals surface area contributed by atoms with Gasteiger partial charge in [0.1, 0.15) is 18.2 Å². The fourth-order valence-electron chi connectivity index (χ4n) is 4.24. The summed E-state index contributed by atoms with van der Waals surface area (Å²) in [4.78, 5) is 13.0. The number of nitrogens with one attached hydrogen (secondary N) is 1. The highest BCUT2D eigenvalue weighted by Gasteiger charge is 2.44. The first kappa shape index (κ1) is 28.3. The molecule has 0 amide bonds. The third-order valence-corrected chi connectivity index (χ3v) is 8.73. The third-order valence-electron chi connectivity index (χ3n) is 6.55. The van der Waals surface area contributed by atoms with Gasteiger partial charge in [-0.1, -0.05) is 70.0 Å². The maximum Gasteiger partial charge on any atom is 0.322 e. The lowest BCUT2D eigenvalue weighted by atomic mass is 9.80. The Hall–Kier alpha value is -3.30. The number of halogens is 1. The largest absolute Gasteiger partial charge is 0.480 e. The van der Waals surface area contributed by atoms with Crippen molar-refractivity contribution in [1.82, 2.24) is 4.98 Å². The number of hydrogen-bond donors (Lipinski definition) is 3. The standard InChI is InChI=1S/C28H34FN3O4S/c1-4-5-16-27(2,3)21-14-12-20(13-15-21)18-28(30,37(35,36)23-9-6-8-22(29)17-23)24-10-7-11-25(32-24)31-19-26(33)34/h6-15,17H,4-5,16,18-19,30H2,1-3H3,(H,31,32)(H,33,34). The molecule has 0 radical (unpaired) electrons. The number of carboxylic acid groups (broad SMARTS) is 1. The highest BCUT2D eigenvalue weighted by atomic mass is 32.2. The Morgan fingerprint density at radius 1 is 1.08 bits per heavy atom. The van der Waals surface area contributed by atoms with E-state index in [1.807, 2.05) is 24.3 Å². The minimum atomic E-state index is -4.34. The molecule has 0 aliphatic rings. The summed E-state index contributed by atoms with van der Waals surface area (Å²) in [6.45, 7) is 6.11. The summed E-state index contributed by atoms with van der Waals surface area (Å²) < 4.78 is 41.8. The molecule has 0 aliphatic carbocycles. The molecule has 3 rings (SSSR count). The van der Waals surface area contributed by atoms with Gasteiger partial charge in [-0.05, 0) is 53.3 Å². The van der Waals surface area contributed by atoms with Crippen molar-refractivity contribution >= 4 is 21.6 Å². The highest BCUT2D eigenvalue weighted by Crippen LogP contribution is 2.35. The number of carbonyl (C=O) groups is 1. The van der Waals surface area contributed by atoms with Crippen LogP contribution in [0.3, 0.4) is 0 Å². The van der Waals surface area contributed by atoms with Crippen molar-refractivity contribution in [3.8, 4) is 0 Å². The molecule has 37 heavy (non-hydrogen) atoms. The number of aromatic nitrogens is 1. The second-order valence-electron chi connectivity index (χ2n) is 9.87. The third kappa shape index (κ3) is 6.53. The molecule has 1 heterocycles. The number of hydrogen-bond acceptors (Lipinski definition) is 6. The van der Waals surface area contributed by atoms with Crippen molar-refractivity contribution in [3.63, 3.8) is 0 Å². The van der Waals surface area contributed by atoms with Crippen LogP contribution >= 0.6 is 0 Å². The van der Waals surface area contributed by atoms with E-state index in [1.54, 1.807) is 6.07 Å². The van der Waals surface area contributed by atoms with E-state index in [0.29, 0.717) is 5.56 Å². The van der Waals surface area contributed by atoms with Gasteiger partial charge in [-0.2, -0.15) is 0 Å². The summed E-state index contributed by atoms with van der Waals surface area (Å²) in [5.41, 5.74) is 8.49. The molecule has 4 N–H and O–H groups in total. The minimum absolute atomic E-state index is 0.0134. The molecule has 0 fully saturated rings. The molecular weight excluding hydrogens is 493 g/mol. The molecule has 0 saturated carbocycles. The number of aliphatic carboxylic acids is 1. The SMILES string of the molecule is CCCCC(C)(C)c1ccc(CC(N)(c2cccc(NCC(=O)O)n2)S(=O)(=O)c2cccc(F)c2)cc1. The molecule has 198 valence electrons. The van der Waals surface area contributed by atoms with Crippen molar-refractivity contribution in [1.29, 1.82) is 0 Å². The van der Waals surface area contributed by atoms with Crippen LogP contribution < -0.4 is 11.1 Å². The van der Waals surface area contributed by atoms with Gasteiger partial charge in [-0.15, -0.1) is 0 Å². The van der Waals surface area contributed by atoms with E-state index >= 15 is 0 Å². The first-order valence-electron chi connectivity index (χ1n) is 12.2. The lowest BCUT2D eigenvalue weighted by Crippen LogP contribution is -2.47. The first-order valence-corrected chi connectivity index (χ1v) is 13.7. The van der Waals surface area contributed by atoms with E-state index in [0.717, 1.165) is 37.0 Å². The van der Waals surface area contributed by atoms with E-state index in [1.165, 1.54) is 24.3 Å². The van der Waals surface area contributed by atoms with Crippen LogP contribution in [0.25, 0.3) is 0 Å². The zero-order valence-corrected chi connectivity index (χ0v) is 22.2. The Labute approximate surface area is 217 Å². The number of nitrogens with zero attached hydrogens (tertiary/aromatic N) is 1. The summed E-state index contributed by atoms with van der Waals surface area (Å²) in [5, 5.41) is 11.6. The number of sulfone groups is 1. The average molecular weight is 528 g/mol. The Bertz CT molecular complexity index is 1340. The zero-order valence-electron chi connectivity index (χ0n) is 21.4. The number of pyridine rings is 1. The van der Waals surface area contributed by atoms with Crippen LogP contribution in [0, 0.1) is 5.82 Å². The molecule has 7 nitrogen and oxygen atoms in total. The van der Waals surface area contributed by atoms with E-state index in [4.69, 9.17) is 10.8 Å². The van der Waals surface area contributed by atoms with Crippen LogP contribution in [0.5, 0.6) is 0 Å². The molecule has 3 aromatic rings. The van der Waals surface area contributed by atoms with E-state index < -0.39 is 33.0 Å². The summed E-state index contributed by atoms with van der Waals surface area (Å²) in [7, 11) is -4.34. The van der Waals surface area contributed by atoms with Gasteiger partial charge in [0.15, 0.2) is 4.87 Å². The van der Waals surface area contributed by atoms with Crippen LogP contribution in [0.1, 0.15) is 56.9 Å².